The van der Waals surface area contributed by atoms with Gasteiger partial charge in [0.1, 0.15) is 5.75 Å². The molecule has 1 aromatic carbocycles. The Bertz CT molecular complexity index is 248. The molecule has 0 radical (unpaired) electrons. The van der Waals surface area contributed by atoms with Crippen molar-refractivity contribution in [3.05, 3.63) is 29.8 Å². The Morgan fingerprint density at radius 2 is 2.15 bits per heavy atom. The molecule has 0 N–H and O–H groups in total. The lowest BCUT2D eigenvalue weighted by Gasteiger charge is -2.05. The molecule has 1 rings (SSSR count). The van der Waals surface area contributed by atoms with E-state index in [2.05, 4.69) is 0 Å². The fraction of sp³-hybridized carbons (Fsp3) is 0.455. The summed E-state index contributed by atoms with van der Waals surface area (Å²) in [7, 11) is 0. The van der Waals surface area contributed by atoms with Crippen LogP contribution in [0, 0.1) is 6.92 Å². The molecule has 0 heterocycles. The maximum atomic E-state index is 11.7. The second-order valence-electron chi connectivity index (χ2n) is 3.06. The SMILES string of the molecule is Cc1cccc(OCCCCF)c1. The molecule has 0 aromatic heterocycles. The van der Waals surface area contributed by atoms with Crippen LogP contribution in [0.25, 0.3) is 0 Å². The summed E-state index contributed by atoms with van der Waals surface area (Å²) in [5.74, 6) is 0.874. The molecule has 0 atom stereocenters. The molecule has 0 aliphatic rings. The molecule has 13 heavy (non-hydrogen) atoms. The summed E-state index contributed by atoms with van der Waals surface area (Å²) >= 11 is 0. The van der Waals surface area contributed by atoms with Crippen molar-refractivity contribution in [3.8, 4) is 5.75 Å². The van der Waals surface area contributed by atoms with Crippen molar-refractivity contribution in [1.82, 2.24) is 0 Å². The quantitative estimate of drug-likeness (QED) is 0.636. The first-order valence-corrected chi connectivity index (χ1v) is 4.58. The van der Waals surface area contributed by atoms with Crippen LogP contribution in [0.3, 0.4) is 0 Å². The van der Waals surface area contributed by atoms with E-state index in [9.17, 15) is 4.39 Å². The van der Waals surface area contributed by atoms with Crippen molar-refractivity contribution in [3.63, 3.8) is 0 Å². The Balaban J connectivity index is 2.28. The predicted octanol–water partition coefficient (Wildman–Crippen LogP) is 3.12. The van der Waals surface area contributed by atoms with E-state index in [1.807, 2.05) is 31.2 Å². The number of aryl methyl sites for hydroxylation is 1. The molecule has 1 nitrogen and oxygen atoms in total. The van der Waals surface area contributed by atoms with Crippen molar-refractivity contribution >= 4 is 0 Å². The van der Waals surface area contributed by atoms with Gasteiger partial charge in [-0.25, -0.2) is 0 Å². The third-order valence-corrected chi connectivity index (χ3v) is 1.79. The van der Waals surface area contributed by atoms with Gasteiger partial charge < -0.3 is 4.74 Å². The molecule has 0 fully saturated rings. The van der Waals surface area contributed by atoms with Gasteiger partial charge in [0.15, 0.2) is 0 Å². The van der Waals surface area contributed by atoms with Crippen LogP contribution < -0.4 is 4.74 Å². The highest BCUT2D eigenvalue weighted by atomic mass is 19.1. The minimum absolute atomic E-state index is 0.253. The Morgan fingerprint density at radius 3 is 2.85 bits per heavy atom. The van der Waals surface area contributed by atoms with Crippen molar-refractivity contribution in [1.29, 1.82) is 0 Å². The van der Waals surface area contributed by atoms with E-state index >= 15 is 0 Å². The maximum absolute atomic E-state index is 11.7. The van der Waals surface area contributed by atoms with Gasteiger partial charge in [-0.2, -0.15) is 0 Å². The van der Waals surface area contributed by atoms with Crippen LogP contribution in [-0.4, -0.2) is 13.3 Å². The van der Waals surface area contributed by atoms with Crippen LogP contribution >= 0.6 is 0 Å². The van der Waals surface area contributed by atoms with E-state index in [0.29, 0.717) is 13.0 Å². The zero-order valence-corrected chi connectivity index (χ0v) is 7.92. The van der Waals surface area contributed by atoms with Gasteiger partial charge in [-0.05, 0) is 37.5 Å². The summed E-state index contributed by atoms with van der Waals surface area (Å²) in [5.41, 5.74) is 1.18. The van der Waals surface area contributed by atoms with Gasteiger partial charge in [0.25, 0.3) is 0 Å². The van der Waals surface area contributed by atoms with Gasteiger partial charge in [-0.15, -0.1) is 0 Å². The normalized spacial score (nSPS) is 10.0. The van der Waals surface area contributed by atoms with Gasteiger partial charge in [0.2, 0.25) is 0 Å². The van der Waals surface area contributed by atoms with Gasteiger partial charge in [0.05, 0.1) is 13.3 Å². The second-order valence-corrected chi connectivity index (χ2v) is 3.06. The number of unbranched alkanes of at least 4 members (excludes halogenated alkanes) is 1. The number of ether oxygens (including phenoxy) is 1. The summed E-state index contributed by atoms with van der Waals surface area (Å²) in [4.78, 5) is 0. The number of halogens is 1. The molecule has 2 heteroatoms. The largest absolute Gasteiger partial charge is 0.494 e. The zero-order chi connectivity index (χ0) is 9.52. The van der Waals surface area contributed by atoms with Crippen molar-refractivity contribution in [2.75, 3.05) is 13.3 Å². The van der Waals surface area contributed by atoms with Crippen molar-refractivity contribution in [2.24, 2.45) is 0 Å². The third-order valence-electron chi connectivity index (χ3n) is 1.79. The van der Waals surface area contributed by atoms with E-state index in [-0.39, 0.29) is 6.67 Å². The number of hydrogen-bond acceptors (Lipinski definition) is 1. The molecule has 0 aliphatic heterocycles. The molecule has 72 valence electrons. The average Bonchev–Trinajstić information content (AvgIpc) is 2.13. The molecule has 1 aromatic rings. The summed E-state index contributed by atoms with van der Waals surface area (Å²) in [6, 6.07) is 7.88. The monoisotopic (exact) mass is 182 g/mol. The van der Waals surface area contributed by atoms with E-state index < -0.39 is 0 Å². The van der Waals surface area contributed by atoms with Crippen LogP contribution in [0.1, 0.15) is 18.4 Å². The molecule has 0 saturated heterocycles. The lowest BCUT2D eigenvalue weighted by atomic mass is 10.2. The fourth-order valence-electron chi connectivity index (χ4n) is 1.09. The molecule has 0 saturated carbocycles. The number of alkyl halides is 1. The average molecular weight is 182 g/mol. The van der Waals surface area contributed by atoms with Crippen LogP contribution in [0.5, 0.6) is 5.75 Å². The first-order valence-electron chi connectivity index (χ1n) is 4.58. The van der Waals surface area contributed by atoms with Gasteiger partial charge >= 0.3 is 0 Å². The van der Waals surface area contributed by atoms with Crippen LogP contribution in [-0.2, 0) is 0 Å². The highest BCUT2D eigenvalue weighted by Crippen LogP contribution is 2.12. The Morgan fingerprint density at radius 1 is 1.31 bits per heavy atom. The maximum Gasteiger partial charge on any atom is 0.119 e. The van der Waals surface area contributed by atoms with E-state index in [4.69, 9.17) is 4.74 Å². The molecule has 0 bridgehead atoms. The molecule has 0 unspecified atom stereocenters. The minimum Gasteiger partial charge on any atom is -0.494 e. The highest BCUT2D eigenvalue weighted by molar-refractivity contribution is 5.27. The van der Waals surface area contributed by atoms with Gasteiger partial charge in [-0.3, -0.25) is 4.39 Å². The number of hydrogen-bond donors (Lipinski definition) is 0. The Kier molecular flexibility index (Phi) is 4.30. The van der Waals surface area contributed by atoms with E-state index in [1.165, 1.54) is 5.56 Å². The molecular weight excluding hydrogens is 167 g/mol. The highest BCUT2D eigenvalue weighted by Gasteiger charge is 1.93. The Hall–Kier alpha value is -1.05. The van der Waals surface area contributed by atoms with Gasteiger partial charge in [0, 0.05) is 0 Å². The smallest absolute Gasteiger partial charge is 0.119 e. The van der Waals surface area contributed by atoms with Crippen LogP contribution in [0.4, 0.5) is 4.39 Å². The zero-order valence-electron chi connectivity index (χ0n) is 7.92. The van der Waals surface area contributed by atoms with Crippen LogP contribution in [0.2, 0.25) is 0 Å². The van der Waals surface area contributed by atoms with Crippen molar-refractivity contribution in [2.45, 2.75) is 19.8 Å². The standard InChI is InChI=1S/C11H15FO/c1-10-5-4-6-11(9-10)13-8-3-2-7-12/h4-6,9H,2-3,7-8H2,1H3. The van der Waals surface area contributed by atoms with E-state index in [0.717, 1.165) is 12.2 Å². The van der Waals surface area contributed by atoms with Crippen molar-refractivity contribution < 1.29 is 9.13 Å². The fourth-order valence-corrected chi connectivity index (χ4v) is 1.09. The lowest BCUT2D eigenvalue weighted by Crippen LogP contribution is -1.97. The summed E-state index contributed by atoms with van der Waals surface area (Å²) in [6.45, 7) is 2.37. The first kappa shape index (κ1) is 10.0. The number of rotatable bonds is 5. The molecule has 0 aliphatic carbocycles. The topological polar surface area (TPSA) is 9.23 Å². The summed E-state index contributed by atoms with van der Waals surface area (Å²) in [5, 5.41) is 0. The first-order chi connectivity index (χ1) is 6.33. The molecule has 0 spiro atoms. The second kappa shape index (κ2) is 5.57. The minimum atomic E-state index is -0.253. The molecular formula is C11H15FO. The Labute approximate surface area is 78.5 Å². The number of benzene rings is 1. The summed E-state index contributed by atoms with van der Waals surface area (Å²) in [6.07, 6.45) is 1.37. The van der Waals surface area contributed by atoms with E-state index in [1.54, 1.807) is 0 Å². The van der Waals surface area contributed by atoms with Crippen LogP contribution in [0.15, 0.2) is 24.3 Å². The lowest BCUT2D eigenvalue weighted by molar-refractivity contribution is 0.297. The third kappa shape index (κ3) is 3.92. The molecule has 0 amide bonds. The van der Waals surface area contributed by atoms with Gasteiger partial charge in [-0.1, -0.05) is 12.1 Å². The summed E-state index contributed by atoms with van der Waals surface area (Å²) < 4.78 is 17.1. The predicted molar refractivity (Wildman–Crippen MR) is 51.9 cm³/mol.